The molecule has 0 aliphatic rings. The Morgan fingerprint density at radius 1 is 1.44 bits per heavy atom. The molecule has 16 heavy (non-hydrogen) atoms. The Bertz CT molecular complexity index is 327. The van der Waals surface area contributed by atoms with Crippen LogP contribution < -0.4 is 11.1 Å². The van der Waals surface area contributed by atoms with Crippen LogP contribution in [0.25, 0.3) is 0 Å². The highest BCUT2D eigenvalue weighted by Crippen LogP contribution is 2.11. The topological polar surface area (TPSA) is 75.4 Å². The molecule has 4 N–H and O–H groups in total. The van der Waals surface area contributed by atoms with Crippen LogP contribution in [0.2, 0.25) is 0 Å². The molecule has 0 unspecified atom stereocenters. The van der Waals surface area contributed by atoms with E-state index in [0.29, 0.717) is 6.42 Å². The Kier molecular flexibility index (Phi) is 4.95. The second kappa shape index (κ2) is 6.25. The third kappa shape index (κ3) is 3.32. The van der Waals surface area contributed by atoms with E-state index in [1.807, 2.05) is 37.3 Å². The van der Waals surface area contributed by atoms with Gasteiger partial charge >= 0.3 is 0 Å². The summed E-state index contributed by atoms with van der Waals surface area (Å²) < 4.78 is 0. The molecule has 0 bridgehead atoms. The summed E-state index contributed by atoms with van der Waals surface area (Å²) in [5.74, 6) is -0.231. The maximum atomic E-state index is 11.6. The minimum atomic E-state index is -0.516. The normalized spacial score (nSPS) is 14.2. The molecular weight excluding hydrogens is 204 g/mol. The molecule has 4 heteroatoms. The van der Waals surface area contributed by atoms with Gasteiger partial charge in [-0.05, 0) is 12.0 Å². The zero-order valence-corrected chi connectivity index (χ0v) is 9.39. The SMILES string of the molecule is CC[C@H](N)C(=O)N[C@H](CO)c1ccccc1. The second-order valence-corrected chi connectivity index (χ2v) is 3.67. The van der Waals surface area contributed by atoms with E-state index in [1.54, 1.807) is 0 Å². The van der Waals surface area contributed by atoms with Gasteiger partial charge in [0.05, 0.1) is 18.7 Å². The number of nitrogens with one attached hydrogen (secondary N) is 1. The molecule has 0 aromatic heterocycles. The average Bonchev–Trinajstić information content (AvgIpc) is 2.35. The van der Waals surface area contributed by atoms with Crippen molar-refractivity contribution in [3.63, 3.8) is 0 Å². The van der Waals surface area contributed by atoms with Crippen LogP contribution in [-0.4, -0.2) is 23.7 Å². The summed E-state index contributed by atoms with van der Waals surface area (Å²) in [6, 6.07) is 8.44. The fourth-order valence-corrected chi connectivity index (χ4v) is 1.38. The molecule has 1 rings (SSSR count). The Morgan fingerprint density at radius 2 is 2.06 bits per heavy atom. The van der Waals surface area contributed by atoms with Crippen LogP contribution in [0, 0.1) is 0 Å². The number of aliphatic hydroxyl groups is 1. The fraction of sp³-hybridized carbons (Fsp3) is 0.417. The van der Waals surface area contributed by atoms with Crippen LogP contribution in [0.15, 0.2) is 30.3 Å². The van der Waals surface area contributed by atoms with Crippen LogP contribution in [-0.2, 0) is 4.79 Å². The van der Waals surface area contributed by atoms with Gasteiger partial charge in [-0.3, -0.25) is 4.79 Å². The third-order valence-corrected chi connectivity index (χ3v) is 2.48. The molecule has 0 heterocycles. The van der Waals surface area contributed by atoms with Gasteiger partial charge in [0.15, 0.2) is 0 Å². The van der Waals surface area contributed by atoms with Crippen molar-refractivity contribution in [1.82, 2.24) is 5.32 Å². The molecular formula is C12H18N2O2. The Morgan fingerprint density at radius 3 is 2.56 bits per heavy atom. The van der Waals surface area contributed by atoms with Crippen molar-refractivity contribution >= 4 is 5.91 Å². The molecule has 0 spiro atoms. The van der Waals surface area contributed by atoms with Crippen LogP contribution in [0.1, 0.15) is 24.9 Å². The Balaban J connectivity index is 2.66. The molecule has 0 saturated heterocycles. The van der Waals surface area contributed by atoms with Gasteiger partial charge in [0.2, 0.25) is 5.91 Å². The van der Waals surface area contributed by atoms with E-state index in [4.69, 9.17) is 5.73 Å². The van der Waals surface area contributed by atoms with Crippen molar-refractivity contribution in [2.24, 2.45) is 5.73 Å². The summed E-state index contributed by atoms with van der Waals surface area (Å²) in [6.07, 6.45) is 0.582. The van der Waals surface area contributed by atoms with Gasteiger partial charge in [0.1, 0.15) is 0 Å². The number of carbonyl (C=O) groups is 1. The van der Waals surface area contributed by atoms with Gasteiger partial charge in [0.25, 0.3) is 0 Å². The van der Waals surface area contributed by atoms with Crippen molar-refractivity contribution in [3.05, 3.63) is 35.9 Å². The maximum Gasteiger partial charge on any atom is 0.237 e. The average molecular weight is 222 g/mol. The summed E-state index contributed by atoms with van der Waals surface area (Å²) in [5, 5.41) is 11.9. The number of hydrogen-bond donors (Lipinski definition) is 3. The summed E-state index contributed by atoms with van der Waals surface area (Å²) in [5.41, 5.74) is 6.48. The molecule has 1 aromatic carbocycles. The Labute approximate surface area is 95.5 Å². The zero-order valence-electron chi connectivity index (χ0n) is 9.39. The van der Waals surface area contributed by atoms with Gasteiger partial charge in [-0.2, -0.15) is 0 Å². The van der Waals surface area contributed by atoms with Crippen molar-refractivity contribution in [2.45, 2.75) is 25.4 Å². The van der Waals surface area contributed by atoms with Gasteiger partial charge in [0, 0.05) is 0 Å². The van der Waals surface area contributed by atoms with Crippen LogP contribution in [0.3, 0.4) is 0 Å². The van der Waals surface area contributed by atoms with E-state index < -0.39 is 6.04 Å². The van der Waals surface area contributed by atoms with E-state index >= 15 is 0 Å². The number of benzene rings is 1. The number of hydrogen-bond acceptors (Lipinski definition) is 3. The summed E-state index contributed by atoms with van der Waals surface area (Å²) in [6.45, 7) is 1.72. The van der Waals surface area contributed by atoms with Crippen molar-refractivity contribution in [1.29, 1.82) is 0 Å². The predicted molar refractivity (Wildman–Crippen MR) is 62.7 cm³/mol. The van der Waals surface area contributed by atoms with E-state index in [0.717, 1.165) is 5.56 Å². The summed E-state index contributed by atoms with van der Waals surface area (Å²) in [7, 11) is 0. The summed E-state index contributed by atoms with van der Waals surface area (Å²) in [4.78, 5) is 11.6. The zero-order chi connectivity index (χ0) is 12.0. The molecule has 0 fully saturated rings. The number of nitrogens with two attached hydrogens (primary N) is 1. The number of aliphatic hydroxyl groups excluding tert-OH is 1. The number of carbonyl (C=O) groups excluding carboxylic acids is 1. The molecule has 0 aliphatic heterocycles. The van der Waals surface area contributed by atoms with E-state index in [2.05, 4.69) is 5.32 Å². The van der Waals surface area contributed by atoms with Crippen LogP contribution in [0.5, 0.6) is 0 Å². The molecule has 0 saturated carbocycles. The van der Waals surface area contributed by atoms with Gasteiger partial charge in [-0.1, -0.05) is 37.3 Å². The highest BCUT2D eigenvalue weighted by molar-refractivity contribution is 5.81. The molecule has 0 radical (unpaired) electrons. The summed E-state index contributed by atoms with van der Waals surface area (Å²) >= 11 is 0. The molecule has 88 valence electrons. The first-order chi connectivity index (χ1) is 7.69. The highest BCUT2D eigenvalue weighted by atomic mass is 16.3. The monoisotopic (exact) mass is 222 g/mol. The predicted octanol–water partition coefficient (Wildman–Crippen LogP) is 0.573. The number of rotatable bonds is 5. The molecule has 4 nitrogen and oxygen atoms in total. The van der Waals surface area contributed by atoms with E-state index in [9.17, 15) is 9.90 Å². The van der Waals surface area contributed by atoms with Gasteiger partial charge < -0.3 is 16.2 Å². The largest absolute Gasteiger partial charge is 0.394 e. The molecule has 1 amide bonds. The first kappa shape index (κ1) is 12.7. The fourth-order valence-electron chi connectivity index (χ4n) is 1.38. The molecule has 2 atom stereocenters. The highest BCUT2D eigenvalue weighted by Gasteiger charge is 2.17. The van der Waals surface area contributed by atoms with Crippen molar-refractivity contribution in [3.8, 4) is 0 Å². The third-order valence-electron chi connectivity index (χ3n) is 2.48. The first-order valence-corrected chi connectivity index (χ1v) is 5.40. The lowest BCUT2D eigenvalue weighted by Gasteiger charge is -2.18. The molecule has 0 aliphatic carbocycles. The van der Waals surface area contributed by atoms with Crippen molar-refractivity contribution in [2.75, 3.05) is 6.61 Å². The standard InChI is InChI=1S/C12H18N2O2/c1-2-10(13)12(16)14-11(8-15)9-6-4-3-5-7-9/h3-7,10-11,15H,2,8,13H2,1H3,(H,14,16)/t10-,11+/m0/s1. The van der Waals surface area contributed by atoms with Crippen LogP contribution >= 0.6 is 0 Å². The van der Waals surface area contributed by atoms with E-state index in [1.165, 1.54) is 0 Å². The minimum Gasteiger partial charge on any atom is -0.394 e. The number of amides is 1. The van der Waals surface area contributed by atoms with Crippen LogP contribution in [0.4, 0.5) is 0 Å². The lowest BCUT2D eigenvalue weighted by atomic mass is 10.1. The van der Waals surface area contributed by atoms with Gasteiger partial charge in [-0.25, -0.2) is 0 Å². The smallest absolute Gasteiger partial charge is 0.237 e. The quantitative estimate of drug-likeness (QED) is 0.682. The lowest BCUT2D eigenvalue weighted by molar-refractivity contribution is -0.123. The van der Waals surface area contributed by atoms with Crippen molar-refractivity contribution < 1.29 is 9.90 Å². The second-order valence-electron chi connectivity index (χ2n) is 3.67. The molecule has 1 aromatic rings. The maximum absolute atomic E-state index is 11.6. The van der Waals surface area contributed by atoms with E-state index in [-0.39, 0.29) is 18.6 Å². The lowest BCUT2D eigenvalue weighted by Crippen LogP contribution is -2.42. The Hall–Kier alpha value is -1.39. The van der Waals surface area contributed by atoms with Gasteiger partial charge in [-0.15, -0.1) is 0 Å². The first-order valence-electron chi connectivity index (χ1n) is 5.40. The minimum absolute atomic E-state index is 0.133.